The molecule has 0 saturated heterocycles. The van der Waals surface area contributed by atoms with E-state index in [0.29, 0.717) is 28.3 Å². The number of benzene rings is 5. The molecule has 42 heavy (non-hydrogen) atoms. The third-order valence-corrected chi connectivity index (χ3v) is 8.71. The normalized spacial score (nSPS) is 12.0. The van der Waals surface area contributed by atoms with E-state index < -0.39 is 11.0 Å². The molecule has 1 atom stereocenters. The van der Waals surface area contributed by atoms with Crippen LogP contribution in [-0.4, -0.2) is 33.4 Å². The number of anilines is 1. The van der Waals surface area contributed by atoms with Crippen LogP contribution in [0.3, 0.4) is 0 Å². The first-order chi connectivity index (χ1) is 20.5. The van der Waals surface area contributed by atoms with Gasteiger partial charge in [0.25, 0.3) is 11.8 Å². The molecule has 214 valence electrons. The minimum Gasteiger partial charge on any atom is -0.348 e. The SMILES string of the molecule is CCCN(CCC)S(=O)c1ccc(C(=O)Nc2cc3ccccc3cc2C(=O)NCc2cccc3ccccc23)cc1. The van der Waals surface area contributed by atoms with Crippen molar-refractivity contribution in [3.05, 3.63) is 120 Å². The number of hydrogen-bond acceptors (Lipinski definition) is 3. The summed E-state index contributed by atoms with van der Waals surface area (Å²) < 4.78 is 15.0. The zero-order valence-corrected chi connectivity index (χ0v) is 24.7. The van der Waals surface area contributed by atoms with Crippen LogP contribution in [0.4, 0.5) is 5.69 Å². The summed E-state index contributed by atoms with van der Waals surface area (Å²) in [6.07, 6.45) is 1.83. The van der Waals surface area contributed by atoms with E-state index in [-0.39, 0.29) is 11.8 Å². The molecule has 0 aliphatic carbocycles. The van der Waals surface area contributed by atoms with Gasteiger partial charge in [-0.25, -0.2) is 8.51 Å². The highest BCUT2D eigenvalue weighted by Gasteiger charge is 2.18. The summed E-state index contributed by atoms with van der Waals surface area (Å²) in [7, 11) is -1.28. The maximum Gasteiger partial charge on any atom is 0.255 e. The predicted octanol–water partition coefficient (Wildman–Crippen LogP) is 7.32. The fraction of sp³-hybridized carbons (Fsp3) is 0.200. The van der Waals surface area contributed by atoms with Crippen LogP contribution in [0.2, 0.25) is 0 Å². The van der Waals surface area contributed by atoms with Crippen LogP contribution >= 0.6 is 0 Å². The van der Waals surface area contributed by atoms with Crippen molar-refractivity contribution in [3.8, 4) is 0 Å². The number of amides is 2. The Morgan fingerprint density at radius 2 is 1.33 bits per heavy atom. The molecule has 5 aromatic rings. The minimum absolute atomic E-state index is 0.276. The molecule has 5 rings (SSSR count). The number of hydrogen-bond donors (Lipinski definition) is 2. The Bertz CT molecular complexity index is 1740. The van der Waals surface area contributed by atoms with Gasteiger partial charge in [0.2, 0.25) is 0 Å². The summed E-state index contributed by atoms with van der Waals surface area (Å²) in [5.41, 5.74) is 2.25. The zero-order valence-electron chi connectivity index (χ0n) is 23.9. The third-order valence-electron chi connectivity index (χ3n) is 7.20. The van der Waals surface area contributed by atoms with Crippen molar-refractivity contribution in [2.75, 3.05) is 18.4 Å². The average molecular weight is 578 g/mol. The molecule has 1 unspecified atom stereocenters. The lowest BCUT2D eigenvalue weighted by molar-refractivity contribution is 0.0952. The smallest absolute Gasteiger partial charge is 0.255 e. The van der Waals surface area contributed by atoms with E-state index in [1.807, 2.05) is 83.2 Å². The molecule has 0 spiro atoms. The Morgan fingerprint density at radius 1 is 0.714 bits per heavy atom. The van der Waals surface area contributed by atoms with Crippen molar-refractivity contribution in [1.29, 1.82) is 0 Å². The van der Waals surface area contributed by atoms with Crippen LogP contribution in [0.15, 0.2) is 108 Å². The predicted molar refractivity (Wildman–Crippen MR) is 172 cm³/mol. The van der Waals surface area contributed by atoms with E-state index >= 15 is 0 Å². The van der Waals surface area contributed by atoms with Crippen molar-refractivity contribution in [3.63, 3.8) is 0 Å². The van der Waals surface area contributed by atoms with Gasteiger partial charge in [-0.1, -0.05) is 80.6 Å². The molecule has 2 amide bonds. The van der Waals surface area contributed by atoms with Crippen LogP contribution in [0.5, 0.6) is 0 Å². The van der Waals surface area contributed by atoms with E-state index in [0.717, 1.165) is 53.0 Å². The highest BCUT2D eigenvalue weighted by Crippen LogP contribution is 2.26. The largest absolute Gasteiger partial charge is 0.348 e. The molecule has 0 fully saturated rings. The number of carbonyl (C=O) groups excluding carboxylic acids is 2. The Hall–Kier alpha value is -4.33. The van der Waals surface area contributed by atoms with Gasteiger partial charge in [0.05, 0.1) is 16.1 Å². The third kappa shape index (κ3) is 6.59. The summed E-state index contributed by atoms with van der Waals surface area (Å²) in [6.45, 7) is 5.98. The van der Waals surface area contributed by atoms with Gasteiger partial charge in [-0.2, -0.15) is 0 Å². The summed E-state index contributed by atoms with van der Waals surface area (Å²) in [5, 5.41) is 10.0. The molecule has 5 aromatic carbocycles. The van der Waals surface area contributed by atoms with Gasteiger partial charge in [0, 0.05) is 25.2 Å². The Labute approximate surface area is 249 Å². The van der Waals surface area contributed by atoms with Gasteiger partial charge < -0.3 is 10.6 Å². The van der Waals surface area contributed by atoms with Crippen LogP contribution in [0.1, 0.15) is 53.0 Å². The first kappa shape index (κ1) is 29.2. The molecule has 0 aliphatic rings. The summed E-state index contributed by atoms with van der Waals surface area (Å²) in [6, 6.07) is 32.3. The highest BCUT2D eigenvalue weighted by molar-refractivity contribution is 7.82. The lowest BCUT2D eigenvalue weighted by Gasteiger charge is -2.19. The molecular formula is C35H35N3O3S. The number of nitrogens with zero attached hydrogens (tertiary/aromatic N) is 1. The molecule has 7 heteroatoms. The molecule has 0 saturated carbocycles. The maximum atomic E-state index is 13.5. The van der Waals surface area contributed by atoms with E-state index in [2.05, 4.69) is 24.5 Å². The Kier molecular flexibility index (Phi) is 9.41. The highest BCUT2D eigenvalue weighted by atomic mass is 32.2. The van der Waals surface area contributed by atoms with Crippen molar-refractivity contribution in [2.45, 2.75) is 38.1 Å². The topological polar surface area (TPSA) is 78.5 Å². The van der Waals surface area contributed by atoms with Crippen molar-refractivity contribution < 1.29 is 13.8 Å². The molecule has 2 N–H and O–H groups in total. The fourth-order valence-electron chi connectivity index (χ4n) is 5.09. The van der Waals surface area contributed by atoms with Crippen LogP contribution < -0.4 is 10.6 Å². The quantitative estimate of drug-likeness (QED) is 0.173. The molecule has 0 aromatic heterocycles. The van der Waals surface area contributed by atoms with Gasteiger partial charge in [-0.3, -0.25) is 9.59 Å². The second kappa shape index (κ2) is 13.6. The molecule has 0 radical (unpaired) electrons. The lowest BCUT2D eigenvalue weighted by atomic mass is 10.0. The first-order valence-corrected chi connectivity index (χ1v) is 15.4. The Morgan fingerprint density at radius 3 is 2.02 bits per heavy atom. The molecule has 0 aliphatic heterocycles. The van der Waals surface area contributed by atoms with E-state index in [9.17, 15) is 13.8 Å². The second-order valence-corrected chi connectivity index (χ2v) is 11.7. The average Bonchev–Trinajstić information content (AvgIpc) is 3.03. The first-order valence-electron chi connectivity index (χ1n) is 14.3. The van der Waals surface area contributed by atoms with Gasteiger partial charge in [-0.05, 0) is 76.3 Å². The van der Waals surface area contributed by atoms with Crippen molar-refractivity contribution in [1.82, 2.24) is 9.62 Å². The zero-order chi connectivity index (χ0) is 29.5. The van der Waals surface area contributed by atoms with E-state index in [1.165, 1.54) is 0 Å². The molecule has 0 bridgehead atoms. The summed E-state index contributed by atoms with van der Waals surface area (Å²) >= 11 is 0. The number of rotatable bonds is 11. The molecule has 0 heterocycles. The van der Waals surface area contributed by atoms with Gasteiger partial charge >= 0.3 is 0 Å². The fourth-order valence-corrected chi connectivity index (χ4v) is 6.46. The second-order valence-electron chi connectivity index (χ2n) is 10.2. The minimum atomic E-state index is -1.28. The van der Waals surface area contributed by atoms with Crippen molar-refractivity contribution >= 4 is 50.0 Å². The number of carbonyl (C=O) groups is 2. The van der Waals surface area contributed by atoms with E-state index in [1.54, 1.807) is 24.3 Å². The van der Waals surface area contributed by atoms with Gasteiger partial charge in [0.15, 0.2) is 0 Å². The van der Waals surface area contributed by atoms with Gasteiger partial charge in [-0.15, -0.1) is 0 Å². The molecular weight excluding hydrogens is 542 g/mol. The monoisotopic (exact) mass is 577 g/mol. The van der Waals surface area contributed by atoms with Crippen molar-refractivity contribution in [2.24, 2.45) is 0 Å². The van der Waals surface area contributed by atoms with Gasteiger partial charge in [0.1, 0.15) is 11.0 Å². The summed E-state index contributed by atoms with van der Waals surface area (Å²) in [4.78, 5) is 27.5. The maximum absolute atomic E-state index is 13.5. The molecule has 6 nitrogen and oxygen atoms in total. The number of fused-ring (bicyclic) bond motifs is 2. The van der Waals surface area contributed by atoms with Crippen LogP contribution in [0.25, 0.3) is 21.5 Å². The number of nitrogens with one attached hydrogen (secondary N) is 2. The Balaban J connectivity index is 1.37. The van der Waals surface area contributed by atoms with Crippen LogP contribution in [0, 0.1) is 0 Å². The summed E-state index contributed by atoms with van der Waals surface area (Å²) in [5.74, 6) is -0.619. The van der Waals surface area contributed by atoms with E-state index in [4.69, 9.17) is 0 Å². The lowest BCUT2D eigenvalue weighted by Crippen LogP contribution is -2.27. The van der Waals surface area contributed by atoms with Crippen LogP contribution in [-0.2, 0) is 17.5 Å². The standard InChI is InChI=1S/C35H35N3O3S/c1-3-20-38(21-4-2)42(41)30-18-16-26(17-19-30)34(39)37-33-23-28-12-6-5-11-27(28)22-32(33)35(40)36-24-29-14-9-13-25-10-7-8-15-31(25)29/h5-19,22-23H,3-4,20-21,24H2,1-2H3,(H,36,40)(H,37,39).